The molecule has 0 spiro atoms. The van der Waals surface area contributed by atoms with Crippen LogP contribution in [-0.2, 0) is 19.5 Å². The van der Waals surface area contributed by atoms with Gasteiger partial charge in [0, 0.05) is 61.3 Å². The van der Waals surface area contributed by atoms with Gasteiger partial charge in [-0.1, -0.05) is 0 Å². The average Bonchev–Trinajstić information content (AvgIpc) is 2.76. The minimum Gasteiger partial charge on any atom is -0.464 e. The molecule has 4 heterocycles. The van der Waals surface area contributed by atoms with Crippen molar-refractivity contribution in [2.24, 2.45) is 0 Å². The molecule has 0 saturated carbocycles. The SMILES string of the molecule is O=c1c(CN2CCc3nc(-c4cccnc4)ncc3C2)coc2ccc(F)cc12. The van der Waals surface area contributed by atoms with Gasteiger partial charge in [0.1, 0.15) is 11.4 Å². The Labute approximate surface area is 165 Å². The molecule has 7 heteroatoms. The number of nitrogens with zero attached hydrogens (tertiary/aromatic N) is 4. The van der Waals surface area contributed by atoms with Crippen LogP contribution in [0.3, 0.4) is 0 Å². The number of halogens is 1. The van der Waals surface area contributed by atoms with E-state index >= 15 is 0 Å². The lowest BCUT2D eigenvalue weighted by Gasteiger charge is -2.27. The van der Waals surface area contributed by atoms with Crippen molar-refractivity contribution in [3.05, 3.63) is 88.0 Å². The highest BCUT2D eigenvalue weighted by atomic mass is 19.1. The van der Waals surface area contributed by atoms with Crippen LogP contribution in [0.5, 0.6) is 0 Å². The molecule has 1 aliphatic rings. The second-order valence-corrected chi connectivity index (χ2v) is 7.10. The lowest BCUT2D eigenvalue weighted by molar-refractivity contribution is 0.240. The number of hydrogen-bond donors (Lipinski definition) is 0. The second kappa shape index (κ2) is 7.18. The molecular formula is C22H17FN4O2. The van der Waals surface area contributed by atoms with Crippen molar-refractivity contribution in [1.82, 2.24) is 19.9 Å². The van der Waals surface area contributed by atoms with Crippen LogP contribution in [0.1, 0.15) is 16.8 Å². The van der Waals surface area contributed by atoms with Gasteiger partial charge in [-0.3, -0.25) is 14.7 Å². The largest absolute Gasteiger partial charge is 0.464 e. The van der Waals surface area contributed by atoms with E-state index in [1.165, 1.54) is 24.5 Å². The Morgan fingerprint density at radius 2 is 2.14 bits per heavy atom. The van der Waals surface area contributed by atoms with Crippen molar-refractivity contribution in [3.8, 4) is 11.4 Å². The van der Waals surface area contributed by atoms with Crippen molar-refractivity contribution in [1.29, 1.82) is 0 Å². The summed E-state index contributed by atoms with van der Waals surface area (Å²) in [7, 11) is 0. The highest BCUT2D eigenvalue weighted by Crippen LogP contribution is 2.22. The standard InChI is InChI=1S/C22H17FN4O2/c23-17-3-4-20-18(8-17)21(28)16(13-29-20)12-27-7-5-19-15(11-27)10-25-22(26-19)14-2-1-6-24-9-14/h1-4,6,8-10,13H,5,7,11-12H2. The Balaban J connectivity index is 1.38. The van der Waals surface area contributed by atoms with Gasteiger partial charge in [-0.05, 0) is 30.3 Å². The van der Waals surface area contributed by atoms with Gasteiger partial charge >= 0.3 is 0 Å². The topological polar surface area (TPSA) is 72.1 Å². The number of pyridine rings is 1. The zero-order valence-corrected chi connectivity index (χ0v) is 15.5. The van der Waals surface area contributed by atoms with Crippen LogP contribution in [0, 0.1) is 5.82 Å². The summed E-state index contributed by atoms with van der Waals surface area (Å²) in [6.45, 7) is 1.83. The van der Waals surface area contributed by atoms with Crippen LogP contribution < -0.4 is 5.43 Å². The van der Waals surface area contributed by atoms with Gasteiger partial charge in [-0.2, -0.15) is 0 Å². The maximum absolute atomic E-state index is 13.5. The third kappa shape index (κ3) is 3.40. The summed E-state index contributed by atoms with van der Waals surface area (Å²) in [6, 6.07) is 7.78. The minimum atomic E-state index is -0.449. The molecule has 1 aromatic carbocycles. The van der Waals surface area contributed by atoms with E-state index < -0.39 is 5.82 Å². The van der Waals surface area contributed by atoms with Gasteiger partial charge in [-0.15, -0.1) is 0 Å². The van der Waals surface area contributed by atoms with Crippen molar-refractivity contribution >= 4 is 11.0 Å². The third-order valence-corrected chi connectivity index (χ3v) is 5.13. The summed E-state index contributed by atoms with van der Waals surface area (Å²) in [5, 5.41) is 0.268. The van der Waals surface area contributed by atoms with E-state index in [0.29, 0.717) is 30.1 Å². The van der Waals surface area contributed by atoms with Crippen LogP contribution in [0.4, 0.5) is 4.39 Å². The molecule has 1 aliphatic heterocycles. The fourth-order valence-electron chi connectivity index (χ4n) is 3.64. The molecule has 0 aliphatic carbocycles. The number of rotatable bonds is 3. The predicted octanol–water partition coefficient (Wildman–Crippen LogP) is 3.34. The lowest BCUT2D eigenvalue weighted by Crippen LogP contribution is -2.32. The molecule has 6 nitrogen and oxygen atoms in total. The van der Waals surface area contributed by atoms with Gasteiger partial charge in [0.2, 0.25) is 0 Å². The van der Waals surface area contributed by atoms with Gasteiger partial charge in [-0.25, -0.2) is 14.4 Å². The highest BCUT2D eigenvalue weighted by molar-refractivity contribution is 5.76. The Morgan fingerprint density at radius 3 is 3.00 bits per heavy atom. The molecule has 29 heavy (non-hydrogen) atoms. The van der Waals surface area contributed by atoms with Crippen LogP contribution in [0.15, 0.2) is 64.4 Å². The van der Waals surface area contributed by atoms with E-state index in [1.54, 1.807) is 12.4 Å². The van der Waals surface area contributed by atoms with Gasteiger partial charge < -0.3 is 4.42 Å². The number of benzene rings is 1. The maximum atomic E-state index is 13.5. The van der Waals surface area contributed by atoms with Crippen molar-refractivity contribution < 1.29 is 8.81 Å². The molecular weight excluding hydrogens is 371 g/mol. The zero-order chi connectivity index (χ0) is 19.8. The average molecular weight is 388 g/mol. The maximum Gasteiger partial charge on any atom is 0.197 e. The van der Waals surface area contributed by atoms with Crippen LogP contribution in [0.2, 0.25) is 0 Å². The third-order valence-electron chi connectivity index (χ3n) is 5.13. The van der Waals surface area contributed by atoms with Gasteiger partial charge in [0.25, 0.3) is 0 Å². The molecule has 0 N–H and O–H groups in total. The van der Waals surface area contributed by atoms with E-state index in [4.69, 9.17) is 9.40 Å². The molecule has 0 fully saturated rings. The molecule has 0 saturated heterocycles. The molecule has 0 bridgehead atoms. The number of aromatic nitrogens is 3. The summed E-state index contributed by atoms with van der Waals surface area (Å²) in [4.78, 5) is 28.1. The molecule has 0 radical (unpaired) electrons. The quantitative estimate of drug-likeness (QED) is 0.536. The van der Waals surface area contributed by atoms with E-state index in [2.05, 4.69) is 14.9 Å². The number of fused-ring (bicyclic) bond motifs is 2. The first-order valence-corrected chi connectivity index (χ1v) is 9.35. The summed E-state index contributed by atoms with van der Waals surface area (Å²) >= 11 is 0. The van der Waals surface area contributed by atoms with Gasteiger partial charge in [0.15, 0.2) is 11.3 Å². The summed E-state index contributed by atoms with van der Waals surface area (Å²) in [5.74, 6) is 0.220. The van der Waals surface area contributed by atoms with Crippen LogP contribution in [0.25, 0.3) is 22.4 Å². The molecule has 144 valence electrons. The molecule has 0 unspecified atom stereocenters. The van der Waals surface area contributed by atoms with E-state index in [9.17, 15) is 9.18 Å². The molecule has 0 atom stereocenters. The Hall–Kier alpha value is -3.45. The highest BCUT2D eigenvalue weighted by Gasteiger charge is 2.20. The predicted molar refractivity (Wildman–Crippen MR) is 106 cm³/mol. The van der Waals surface area contributed by atoms with Crippen LogP contribution >= 0.6 is 0 Å². The zero-order valence-electron chi connectivity index (χ0n) is 15.5. The lowest BCUT2D eigenvalue weighted by atomic mass is 10.1. The molecule has 5 rings (SSSR count). The summed E-state index contributed by atoms with van der Waals surface area (Å²) in [5.41, 5.74) is 3.65. The molecule has 0 amide bonds. The smallest absolute Gasteiger partial charge is 0.197 e. The van der Waals surface area contributed by atoms with Gasteiger partial charge in [0.05, 0.1) is 17.3 Å². The number of hydrogen-bond acceptors (Lipinski definition) is 6. The normalized spacial score (nSPS) is 14.1. The van der Waals surface area contributed by atoms with Crippen LogP contribution in [-0.4, -0.2) is 26.4 Å². The summed E-state index contributed by atoms with van der Waals surface area (Å²) < 4.78 is 19.0. The Morgan fingerprint density at radius 1 is 1.21 bits per heavy atom. The Bertz CT molecular complexity index is 1260. The molecule has 3 aromatic heterocycles. The molecule has 4 aromatic rings. The van der Waals surface area contributed by atoms with Crippen molar-refractivity contribution in [3.63, 3.8) is 0 Å². The van der Waals surface area contributed by atoms with E-state index in [-0.39, 0.29) is 10.8 Å². The second-order valence-electron chi connectivity index (χ2n) is 7.10. The first kappa shape index (κ1) is 17.6. The Kier molecular flexibility index (Phi) is 4.37. The monoisotopic (exact) mass is 388 g/mol. The fourth-order valence-corrected chi connectivity index (χ4v) is 3.64. The first-order valence-electron chi connectivity index (χ1n) is 9.35. The van der Waals surface area contributed by atoms with Crippen molar-refractivity contribution in [2.75, 3.05) is 6.54 Å². The minimum absolute atomic E-state index is 0.195. The summed E-state index contributed by atoms with van der Waals surface area (Å²) in [6.07, 6.45) is 7.55. The fraction of sp³-hybridized carbons (Fsp3) is 0.182. The van der Waals surface area contributed by atoms with Crippen molar-refractivity contribution in [2.45, 2.75) is 19.5 Å². The first-order chi connectivity index (χ1) is 14.2. The van der Waals surface area contributed by atoms with E-state index in [1.807, 2.05) is 18.3 Å². The van der Waals surface area contributed by atoms with E-state index in [0.717, 1.165) is 29.8 Å².